The fraction of sp³-hybridized carbons (Fsp3) is 0.429. The van der Waals surface area contributed by atoms with Crippen molar-refractivity contribution in [1.29, 1.82) is 0 Å². The van der Waals surface area contributed by atoms with E-state index in [-0.39, 0.29) is 54.9 Å². The summed E-state index contributed by atoms with van der Waals surface area (Å²) < 4.78 is 134. The Bertz CT molecular complexity index is 1840. The van der Waals surface area contributed by atoms with E-state index in [0.29, 0.717) is 23.3 Å². The first-order valence-corrected chi connectivity index (χ1v) is 17.4. The van der Waals surface area contributed by atoms with E-state index in [1.165, 1.54) is 35.8 Å². The molecule has 1 atom stereocenters. The molecule has 0 aromatic heterocycles. The third-order valence-electron chi connectivity index (χ3n) is 9.95. The van der Waals surface area contributed by atoms with Gasteiger partial charge in [0.1, 0.15) is 10.6 Å². The lowest BCUT2D eigenvalue weighted by Gasteiger charge is -2.38. The molecule has 51 heavy (non-hydrogen) atoms. The van der Waals surface area contributed by atoms with Gasteiger partial charge in [0.05, 0.1) is 17.4 Å². The summed E-state index contributed by atoms with van der Waals surface area (Å²) in [5.41, 5.74) is -5.34. The lowest BCUT2D eigenvalue weighted by atomic mass is 9.88. The molecule has 0 radical (unpaired) electrons. The van der Waals surface area contributed by atoms with E-state index >= 15 is 0 Å². The minimum Gasteiger partial charge on any atom is -0.481 e. The maximum absolute atomic E-state index is 14.7. The number of halogens is 7. The molecule has 276 valence electrons. The second-order valence-electron chi connectivity index (χ2n) is 12.9. The molecule has 2 aliphatic rings. The highest BCUT2D eigenvalue weighted by Crippen LogP contribution is 2.54. The number of urea groups is 1. The Morgan fingerprint density at radius 2 is 1.39 bits per heavy atom. The zero-order valence-electron chi connectivity index (χ0n) is 27.5. The highest BCUT2D eigenvalue weighted by Gasteiger charge is 2.73. The molecule has 8 nitrogen and oxygen atoms in total. The SMILES string of the molecule is Cc1cccc(C)c1COC(c1ccc(C2(S(=O)(=O)c3ccc(F)cc3)CCN(C(=O)N3CCC(C(=O)O)CC3)C2)cc1)(C(F)(F)F)C(F)(F)F. The smallest absolute Gasteiger partial charge is 0.430 e. The van der Waals surface area contributed by atoms with E-state index in [9.17, 15) is 53.8 Å². The maximum atomic E-state index is 14.7. The van der Waals surface area contributed by atoms with Gasteiger partial charge in [0.2, 0.25) is 0 Å². The number of aryl methyl sites for hydroxylation is 2. The molecule has 0 aliphatic carbocycles. The van der Waals surface area contributed by atoms with Gasteiger partial charge in [-0.25, -0.2) is 17.6 Å². The van der Waals surface area contributed by atoms with Crippen LogP contribution in [-0.2, 0) is 36.3 Å². The summed E-state index contributed by atoms with van der Waals surface area (Å²) in [6, 6.07) is 10.6. The van der Waals surface area contributed by atoms with Gasteiger partial charge in [-0.15, -0.1) is 0 Å². The van der Waals surface area contributed by atoms with Crippen LogP contribution in [0, 0.1) is 25.6 Å². The fourth-order valence-corrected chi connectivity index (χ4v) is 8.99. The van der Waals surface area contributed by atoms with Gasteiger partial charge in [0.25, 0.3) is 5.60 Å². The lowest BCUT2D eigenvalue weighted by molar-refractivity contribution is -0.392. The second kappa shape index (κ2) is 13.7. The van der Waals surface area contributed by atoms with Gasteiger partial charge in [-0.2, -0.15) is 26.3 Å². The first-order valence-electron chi connectivity index (χ1n) is 16.0. The fourth-order valence-electron chi connectivity index (χ4n) is 6.91. The van der Waals surface area contributed by atoms with Crippen molar-refractivity contribution in [1.82, 2.24) is 9.80 Å². The van der Waals surface area contributed by atoms with E-state index < -0.39 is 75.0 Å². The Morgan fingerprint density at radius 1 is 0.843 bits per heavy atom. The molecule has 2 fully saturated rings. The van der Waals surface area contributed by atoms with Crippen LogP contribution in [0.1, 0.15) is 47.1 Å². The normalized spacial score (nSPS) is 19.4. The predicted molar refractivity (Wildman–Crippen MR) is 170 cm³/mol. The zero-order chi connectivity index (χ0) is 37.6. The summed E-state index contributed by atoms with van der Waals surface area (Å²) in [6.45, 7) is 1.48. The standard InChI is InChI=1S/C35H35F7N2O6S/c1-22-4-3-5-23(2)29(22)20-50-33(34(37,38)39,35(40,41)42)26-8-6-25(7-9-26)32(51(48,49)28-12-10-27(36)11-13-28)16-19-44(21-32)31(47)43-17-14-24(15-18-43)30(45)46/h3-13,24H,14-21H2,1-2H3,(H,45,46). The van der Waals surface area contributed by atoms with Crippen LogP contribution in [0.4, 0.5) is 35.5 Å². The third kappa shape index (κ3) is 6.79. The number of likely N-dealkylation sites (tertiary alicyclic amines) is 2. The van der Waals surface area contributed by atoms with Crippen LogP contribution in [0.15, 0.2) is 71.6 Å². The Hall–Kier alpha value is -4.18. The van der Waals surface area contributed by atoms with E-state index in [4.69, 9.17) is 4.74 Å². The summed E-state index contributed by atoms with van der Waals surface area (Å²) >= 11 is 0. The first kappa shape index (κ1) is 38.1. The van der Waals surface area contributed by atoms with Gasteiger partial charge >= 0.3 is 24.4 Å². The number of carbonyl (C=O) groups is 2. The maximum Gasteiger partial charge on any atom is 0.430 e. The number of carbonyl (C=O) groups excluding carboxylic acids is 1. The predicted octanol–water partition coefficient (Wildman–Crippen LogP) is 7.27. The first-order chi connectivity index (χ1) is 23.7. The number of alkyl halides is 6. The number of sulfone groups is 1. The van der Waals surface area contributed by atoms with Crippen molar-refractivity contribution in [3.8, 4) is 0 Å². The molecule has 16 heteroatoms. The van der Waals surface area contributed by atoms with E-state index in [1.54, 1.807) is 6.07 Å². The molecule has 2 heterocycles. The van der Waals surface area contributed by atoms with Gasteiger partial charge in [-0.05, 0) is 79.6 Å². The average molecular weight is 745 g/mol. The van der Waals surface area contributed by atoms with Crippen LogP contribution in [0.5, 0.6) is 0 Å². The van der Waals surface area contributed by atoms with Gasteiger partial charge < -0.3 is 19.6 Å². The Kier molecular flexibility index (Phi) is 10.3. The number of nitrogens with zero attached hydrogens (tertiary/aromatic N) is 2. The molecule has 2 aliphatic heterocycles. The number of carboxylic acids is 1. The highest BCUT2D eigenvalue weighted by atomic mass is 32.2. The number of benzene rings is 3. The number of rotatable bonds is 8. The Morgan fingerprint density at radius 3 is 1.90 bits per heavy atom. The largest absolute Gasteiger partial charge is 0.481 e. The molecule has 1 N–H and O–H groups in total. The van der Waals surface area contributed by atoms with Crippen LogP contribution < -0.4 is 0 Å². The minimum absolute atomic E-state index is 0.0811. The van der Waals surface area contributed by atoms with Gasteiger partial charge in [-0.3, -0.25) is 4.79 Å². The number of ether oxygens (including phenoxy) is 1. The van der Waals surface area contributed by atoms with Crippen molar-refractivity contribution in [2.75, 3.05) is 26.2 Å². The zero-order valence-corrected chi connectivity index (χ0v) is 28.3. The number of carboxylic acid groups (broad SMARTS) is 1. The van der Waals surface area contributed by atoms with Crippen LogP contribution in [0.2, 0.25) is 0 Å². The highest BCUT2D eigenvalue weighted by molar-refractivity contribution is 7.92. The third-order valence-corrected chi connectivity index (χ3v) is 12.4. The number of aliphatic carboxylic acids is 1. The number of hydrogen-bond acceptors (Lipinski definition) is 5. The Labute approximate surface area is 289 Å². The minimum atomic E-state index is -6.01. The summed E-state index contributed by atoms with van der Waals surface area (Å²) in [7, 11) is -4.58. The van der Waals surface area contributed by atoms with Crippen molar-refractivity contribution in [3.05, 3.63) is 100 Å². The molecule has 5 rings (SSSR count). The average Bonchev–Trinajstić information content (AvgIpc) is 3.53. The van der Waals surface area contributed by atoms with Crippen molar-refractivity contribution in [2.24, 2.45) is 5.92 Å². The lowest BCUT2D eigenvalue weighted by Crippen LogP contribution is -2.56. The molecule has 0 saturated carbocycles. The van der Waals surface area contributed by atoms with E-state index in [0.717, 1.165) is 36.4 Å². The van der Waals surface area contributed by atoms with E-state index in [1.807, 2.05) is 0 Å². The van der Waals surface area contributed by atoms with Crippen LogP contribution >= 0.6 is 0 Å². The molecule has 2 amide bonds. The molecule has 3 aromatic rings. The van der Waals surface area contributed by atoms with E-state index in [2.05, 4.69) is 0 Å². The molecular formula is C35H35F7N2O6S. The van der Waals surface area contributed by atoms with Crippen molar-refractivity contribution >= 4 is 21.8 Å². The van der Waals surface area contributed by atoms with Crippen molar-refractivity contribution < 1.29 is 58.6 Å². The molecular weight excluding hydrogens is 709 g/mol. The second-order valence-corrected chi connectivity index (χ2v) is 15.2. The van der Waals surface area contributed by atoms with Gasteiger partial charge in [0, 0.05) is 31.7 Å². The molecule has 2 saturated heterocycles. The molecule has 0 spiro atoms. The molecule has 0 bridgehead atoms. The Balaban J connectivity index is 1.56. The topological polar surface area (TPSA) is 104 Å². The van der Waals surface area contributed by atoms with Crippen LogP contribution in [0.25, 0.3) is 0 Å². The monoisotopic (exact) mass is 744 g/mol. The summed E-state index contributed by atoms with van der Waals surface area (Å²) in [5, 5.41) is 9.31. The van der Waals surface area contributed by atoms with Crippen molar-refractivity contribution in [3.63, 3.8) is 0 Å². The summed E-state index contributed by atoms with van der Waals surface area (Å²) in [6.07, 6.45) is -12.0. The van der Waals surface area contributed by atoms with Gasteiger partial charge in [-0.1, -0.05) is 42.5 Å². The summed E-state index contributed by atoms with van der Waals surface area (Å²) in [4.78, 5) is 27.1. The number of amides is 2. The number of piperidine rings is 1. The van der Waals surface area contributed by atoms with Gasteiger partial charge in [0.15, 0.2) is 9.84 Å². The summed E-state index contributed by atoms with van der Waals surface area (Å²) in [5.74, 6) is -2.42. The molecule has 3 aromatic carbocycles. The van der Waals surface area contributed by atoms with Crippen LogP contribution in [-0.4, -0.2) is 73.9 Å². The quantitative estimate of drug-likeness (QED) is 0.192. The number of hydrogen-bond donors (Lipinski definition) is 1. The van der Waals surface area contributed by atoms with Crippen LogP contribution in [0.3, 0.4) is 0 Å². The molecule has 1 unspecified atom stereocenters. The van der Waals surface area contributed by atoms with Crippen molar-refractivity contribution in [2.45, 2.75) is 67.3 Å².